The van der Waals surface area contributed by atoms with Gasteiger partial charge in [0.2, 0.25) is 0 Å². The zero-order valence-corrected chi connectivity index (χ0v) is 12.4. The highest BCUT2D eigenvalue weighted by Crippen LogP contribution is 2.18. The predicted octanol–water partition coefficient (Wildman–Crippen LogP) is 4.44. The Kier molecular flexibility index (Phi) is 4.59. The summed E-state index contributed by atoms with van der Waals surface area (Å²) in [6, 6.07) is 16.5. The summed E-state index contributed by atoms with van der Waals surface area (Å²) in [5.41, 5.74) is 4.59. The Balaban J connectivity index is 1.98. The summed E-state index contributed by atoms with van der Waals surface area (Å²) in [6.45, 7) is 2.87. The Labute approximate surface area is 122 Å². The number of benzene rings is 2. The van der Waals surface area contributed by atoms with Crippen LogP contribution in [0.5, 0.6) is 0 Å². The summed E-state index contributed by atoms with van der Waals surface area (Å²) < 4.78 is 1.14. The molecule has 0 aliphatic rings. The smallest absolute Gasteiger partial charge is 0.0669 e. The van der Waals surface area contributed by atoms with Gasteiger partial charge in [0.05, 0.1) is 12.5 Å². The van der Waals surface area contributed by atoms with E-state index in [-0.39, 0.29) is 0 Å². The standard InChI is InChI=1S/C16H15BrN2/c1-12-2-3-14(10-16(12)17)11-19-15-6-4-13(5-7-15)8-9-18/h2-7,10,19H,8,11H2,1H3. The molecule has 0 aromatic heterocycles. The topological polar surface area (TPSA) is 35.8 Å². The number of aryl methyl sites for hydroxylation is 1. The third kappa shape index (κ3) is 3.84. The summed E-state index contributed by atoms with van der Waals surface area (Å²) in [5.74, 6) is 0. The minimum atomic E-state index is 0.463. The molecule has 0 saturated carbocycles. The van der Waals surface area contributed by atoms with Crippen molar-refractivity contribution in [1.29, 1.82) is 5.26 Å². The van der Waals surface area contributed by atoms with Gasteiger partial charge in [0, 0.05) is 16.7 Å². The molecule has 2 aromatic rings. The first-order valence-corrected chi connectivity index (χ1v) is 6.93. The minimum Gasteiger partial charge on any atom is -0.381 e. The molecule has 2 rings (SSSR count). The van der Waals surface area contributed by atoms with Crippen LogP contribution in [0, 0.1) is 18.3 Å². The molecule has 96 valence electrons. The van der Waals surface area contributed by atoms with Gasteiger partial charge in [-0.05, 0) is 41.8 Å². The normalized spacial score (nSPS) is 9.95. The molecule has 0 saturated heterocycles. The molecule has 2 nitrogen and oxygen atoms in total. The number of halogens is 1. The first-order valence-electron chi connectivity index (χ1n) is 6.14. The van der Waals surface area contributed by atoms with Crippen molar-refractivity contribution in [3.05, 3.63) is 63.6 Å². The van der Waals surface area contributed by atoms with Gasteiger partial charge in [-0.3, -0.25) is 0 Å². The van der Waals surface area contributed by atoms with E-state index in [2.05, 4.69) is 52.4 Å². The van der Waals surface area contributed by atoms with Crippen LogP contribution in [0.25, 0.3) is 0 Å². The molecule has 0 radical (unpaired) electrons. The number of anilines is 1. The quantitative estimate of drug-likeness (QED) is 0.905. The number of nitrogens with one attached hydrogen (secondary N) is 1. The number of nitrogens with zero attached hydrogens (tertiary/aromatic N) is 1. The second kappa shape index (κ2) is 6.40. The van der Waals surface area contributed by atoms with Crippen molar-refractivity contribution >= 4 is 21.6 Å². The van der Waals surface area contributed by atoms with Crippen LogP contribution in [-0.4, -0.2) is 0 Å². The van der Waals surface area contributed by atoms with Gasteiger partial charge in [0.1, 0.15) is 0 Å². The molecule has 1 N–H and O–H groups in total. The zero-order chi connectivity index (χ0) is 13.7. The van der Waals surface area contributed by atoms with E-state index in [0.29, 0.717) is 6.42 Å². The van der Waals surface area contributed by atoms with Crippen molar-refractivity contribution in [2.24, 2.45) is 0 Å². The molecule has 0 spiro atoms. The minimum absolute atomic E-state index is 0.463. The lowest BCUT2D eigenvalue weighted by Gasteiger charge is -2.08. The molecule has 3 heteroatoms. The van der Waals surface area contributed by atoms with E-state index in [1.165, 1.54) is 11.1 Å². The van der Waals surface area contributed by atoms with E-state index in [1.807, 2.05) is 24.3 Å². The van der Waals surface area contributed by atoms with E-state index in [0.717, 1.165) is 22.3 Å². The summed E-state index contributed by atoms with van der Waals surface area (Å²) in [5, 5.41) is 12.0. The van der Waals surface area contributed by atoms with Crippen molar-refractivity contribution in [2.45, 2.75) is 19.9 Å². The van der Waals surface area contributed by atoms with E-state index >= 15 is 0 Å². The molecule has 0 bridgehead atoms. The lowest BCUT2D eigenvalue weighted by Crippen LogP contribution is -1.99. The van der Waals surface area contributed by atoms with Gasteiger partial charge in [-0.25, -0.2) is 0 Å². The van der Waals surface area contributed by atoms with Crippen LogP contribution in [0.1, 0.15) is 16.7 Å². The average molecular weight is 315 g/mol. The molecular formula is C16H15BrN2. The van der Waals surface area contributed by atoms with Gasteiger partial charge in [0.15, 0.2) is 0 Å². The van der Waals surface area contributed by atoms with Gasteiger partial charge in [-0.1, -0.05) is 40.2 Å². The third-order valence-corrected chi connectivity index (χ3v) is 3.82. The van der Waals surface area contributed by atoms with Crippen molar-refractivity contribution in [2.75, 3.05) is 5.32 Å². The van der Waals surface area contributed by atoms with Crippen LogP contribution in [-0.2, 0) is 13.0 Å². The van der Waals surface area contributed by atoms with Crippen molar-refractivity contribution in [3.8, 4) is 6.07 Å². The monoisotopic (exact) mass is 314 g/mol. The third-order valence-electron chi connectivity index (χ3n) is 2.97. The van der Waals surface area contributed by atoms with E-state index in [1.54, 1.807) is 0 Å². The summed E-state index contributed by atoms with van der Waals surface area (Å²) in [4.78, 5) is 0. The largest absolute Gasteiger partial charge is 0.381 e. The Morgan fingerprint density at radius 2 is 1.79 bits per heavy atom. The fourth-order valence-electron chi connectivity index (χ4n) is 1.78. The maximum Gasteiger partial charge on any atom is 0.0669 e. The van der Waals surface area contributed by atoms with Crippen LogP contribution < -0.4 is 5.32 Å². The lowest BCUT2D eigenvalue weighted by atomic mass is 10.1. The summed E-state index contributed by atoms with van der Waals surface area (Å²) >= 11 is 3.54. The van der Waals surface area contributed by atoms with Gasteiger partial charge in [0.25, 0.3) is 0 Å². The van der Waals surface area contributed by atoms with Gasteiger partial charge < -0.3 is 5.32 Å². The SMILES string of the molecule is Cc1ccc(CNc2ccc(CC#N)cc2)cc1Br. The molecule has 19 heavy (non-hydrogen) atoms. The fourth-order valence-corrected chi connectivity index (χ4v) is 2.21. The number of nitriles is 1. The Hall–Kier alpha value is -1.79. The second-order valence-electron chi connectivity index (χ2n) is 4.47. The van der Waals surface area contributed by atoms with Crippen molar-refractivity contribution < 1.29 is 0 Å². The lowest BCUT2D eigenvalue weighted by molar-refractivity contribution is 1.14. The molecular weight excluding hydrogens is 300 g/mol. The van der Waals surface area contributed by atoms with Crippen LogP contribution in [0.4, 0.5) is 5.69 Å². The first kappa shape index (κ1) is 13.6. The second-order valence-corrected chi connectivity index (χ2v) is 5.32. The van der Waals surface area contributed by atoms with Crippen LogP contribution in [0.3, 0.4) is 0 Å². The van der Waals surface area contributed by atoms with Crippen LogP contribution in [0.2, 0.25) is 0 Å². The first-order chi connectivity index (χ1) is 9.19. The Morgan fingerprint density at radius 1 is 1.11 bits per heavy atom. The number of hydrogen-bond donors (Lipinski definition) is 1. The Morgan fingerprint density at radius 3 is 2.42 bits per heavy atom. The van der Waals surface area contributed by atoms with Crippen LogP contribution in [0.15, 0.2) is 46.9 Å². The van der Waals surface area contributed by atoms with E-state index < -0.39 is 0 Å². The fraction of sp³-hybridized carbons (Fsp3) is 0.188. The van der Waals surface area contributed by atoms with E-state index in [9.17, 15) is 0 Å². The Bertz CT molecular complexity index is 597. The molecule has 0 aliphatic heterocycles. The summed E-state index contributed by atoms with van der Waals surface area (Å²) in [7, 11) is 0. The highest BCUT2D eigenvalue weighted by Gasteiger charge is 1.98. The number of rotatable bonds is 4. The highest BCUT2D eigenvalue weighted by molar-refractivity contribution is 9.10. The molecule has 0 amide bonds. The molecule has 0 unspecified atom stereocenters. The number of hydrogen-bond acceptors (Lipinski definition) is 2. The highest BCUT2D eigenvalue weighted by atomic mass is 79.9. The molecule has 2 aromatic carbocycles. The molecule has 0 fully saturated rings. The van der Waals surface area contributed by atoms with Gasteiger partial charge in [-0.2, -0.15) is 5.26 Å². The van der Waals surface area contributed by atoms with Crippen LogP contribution >= 0.6 is 15.9 Å². The van der Waals surface area contributed by atoms with Gasteiger partial charge >= 0.3 is 0 Å². The predicted molar refractivity (Wildman–Crippen MR) is 82.0 cm³/mol. The average Bonchev–Trinajstić information content (AvgIpc) is 2.42. The van der Waals surface area contributed by atoms with Crippen molar-refractivity contribution in [3.63, 3.8) is 0 Å². The molecule has 0 heterocycles. The molecule has 0 atom stereocenters. The van der Waals surface area contributed by atoms with Crippen molar-refractivity contribution in [1.82, 2.24) is 0 Å². The zero-order valence-electron chi connectivity index (χ0n) is 10.8. The van der Waals surface area contributed by atoms with Gasteiger partial charge in [-0.15, -0.1) is 0 Å². The van der Waals surface area contributed by atoms with E-state index in [4.69, 9.17) is 5.26 Å². The maximum atomic E-state index is 8.62. The molecule has 0 aliphatic carbocycles. The maximum absolute atomic E-state index is 8.62. The summed E-state index contributed by atoms with van der Waals surface area (Å²) in [6.07, 6.45) is 0.463.